The van der Waals surface area contributed by atoms with E-state index in [1.165, 1.54) is 0 Å². The van der Waals surface area contributed by atoms with E-state index in [0.717, 1.165) is 6.42 Å². The topological polar surface area (TPSA) is 40.5 Å². The van der Waals surface area contributed by atoms with Crippen molar-refractivity contribution in [3.05, 3.63) is 0 Å². The van der Waals surface area contributed by atoms with E-state index in [2.05, 4.69) is 0 Å². The highest BCUT2D eigenvalue weighted by atomic mass is 19.4. The first-order valence-corrected chi connectivity index (χ1v) is 6.24. The van der Waals surface area contributed by atoms with Crippen LogP contribution in [0.25, 0.3) is 0 Å². The number of carboxylic acid groups (broad SMARTS) is 1. The molecule has 1 fully saturated rings. The molecule has 18 heavy (non-hydrogen) atoms. The Morgan fingerprint density at radius 2 is 2.11 bits per heavy atom. The molecule has 1 N–H and O–H groups in total. The minimum atomic E-state index is -4.12. The summed E-state index contributed by atoms with van der Waals surface area (Å²) in [6, 6.07) is -0.129. The number of rotatable bonds is 5. The molecule has 0 aromatic heterocycles. The lowest BCUT2D eigenvalue weighted by Crippen LogP contribution is -2.51. The minimum absolute atomic E-state index is 0.0524. The number of likely N-dealkylation sites (tertiary alicyclic amines) is 1. The molecule has 2 atom stereocenters. The number of carbonyl (C=O) groups is 1. The number of nitrogens with zero attached hydrogens (tertiary/aromatic N) is 1. The molecule has 0 aliphatic carbocycles. The van der Waals surface area contributed by atoms with Gasteiger partial charge in [0.1, 0.15) is 5.54 Å². The lowest BCUT2D eigenvalue weighted by molar-refractivity contribution is -0.150. The monoisotopic (exact) mass is 267 g/mol. The highest BCUT2D eigenvalue weighted by Crippen LogP contribution is 2.33. The van der Waals surface area contributed by atoms with Crippen LogP contribution in [0.1, 0.15) is 46.0 Å². The van der Waals surface area contributed by atoms with Gasteiger partial charge in [0.2, 0.25) is 0 Å². The molecule has 0 amide bonds. The van der Waals surface area contributed by atoms with Crippen molar-refractivity contribution in [3.8, 4) is 0 Å². The van der Waals surface area contributed by atoms with E-state index in [0.29, 0.717) is 19.4 Å². The predicted octanol–water partition coefficient (Wildman–Crippen LogP) is 3.05. The zero-order valence-corrected chi connectivity index (χ0v) is 10.8. The van der Waals surface area contributed by atoms with Crippen LogP contribution in [-0.2, 0) is 4.79 Å². The normalized spacial score (nSPS) is 27.4. The molecular formula is C12H20F3NO2. The number of hydrogen-bond donors (Lipinski definition) is 1. The van der Waals surface area contributed by atoms with Gasteiger partial charge >= 0.3 is 12.1 Å². The van der Waals surface area contributed by atoms with Crippen molar-refractivity contribution < 1.29 is 23.1 Å². The van der Waals surface area contributed by atoms with Crippen molar-refractivity contribution in [3.63, 3.8) is 0 Å². The molecule has 0 aromatic carbocycles. The first kappa shape index (κ1) is 15.3. The largest absolute Gasteiger partial charge is 0.480 e. The van der Waals surface area contributed by atoms with Crippen LogP contribution in [0.15, 0.2) is 0 Å². The number of aliphatic carboxylic acids is 1. The molecule has 106 valence electrons. The van der Waals surface area contributed by atoms with Crippen LogP contribution in [0.4, 0.5) is 13.2 Å². The molecule has 0 spiro atoms. The number of carboxylic acids is 1. The molecule has 1 rings (SSSR count). The maximum absolute atomic E-state index is 12.1. The Morgan fingerprint density at radius 1 is 1.50 bits per heavy atom. The molecule has 1 aliphatic heterocycles. The molecule has 3 nitrogen and oxygen atoms in total. The highest BCUT2D eigenvalue weighted by Gasteiger charge is 2.45. The van der Waals surface area contributed by atoms with Gasteiger partial charge in [-0.05, 0) is 46.1 Å². The average molecular weight is 267 g/mol. The van der Waals surface area contributed by atoms with Crippen LogP contribution < -0.4 is 0 Å². The van der Waals surface area contributed by atoms with Crippen molar-refractivity contribution >= 4 is 5.97 Å². The van der Waals surface area contributed by atoms with Crippen molar-refractivity contribution in [1.82, 2.24) is 4.90 Å². The van der Waals surface area contributed by atoms with Crippen LogP contribution in [0.2, 0.25) is 0 Å². The molecule has 0 aromatic rings. The molecule has 6 heteroatoms. The second-order valence-corrected chi connectivity index (χ2v) is 5.23. The van der Waals surface area contributed by atoms with Crippen molar-refractivity contribution in [1.29, 1.82) is 0 Å². The van der Waals surface area contributed by atoms with Gasteiger partial charge in [0.25, 0.3) is 0 Å². The summed E-state index contributed by atoms with van der Waals surface area (Å²) in [6.07, 6.45) is -3.15. The van der Waals surface area contributed by atoms with Gasteiger partial charge in [-0.3, -0.25) is 9.69 Å². The van der Waals surface area contributed by atoms with Crippen molar-refractivity contribution in [2.24, 2.45) is 0 Å². The summed E-state index contributed by atoms with van der Waals surface area (Å²) in [6.45, 7) is 4.11. The third-order valence-electron chi connectivity index (χ3n) is 3.77. The molecule has 1 saturated heterocycles. The minimum Gasteiger partial charge on any atom is -0.480 e. The lowest BCUT2D eigenvalue weighted by Gasteiger charge is -2.36. The van der Waals surface area contributed by atoms with E-state index < -0.39 is 24.1 Å². The Morgan fingerprint density at radius 3 is 2.61 bits per heavy atom. The quantitative estimate of drug-likeness (QED) is 0.832. The molecule has 1 heterocycles. The maximum atomic E-state index is 12.1. The molecule has 0 bridgehead atoms. The average Bonchev–Trinajstić information content (AvgIpc) is 2.59. The van der Waals surface area contributed by atoms with Gasteiger partial charge in [0, 0.05) is 12.5 Å². The molecule has 2 unspecified atom stereocenters. The number of halogens is 3. The Balaban J connectivity index is 2.51. The summed E-state index contributed by atoms with van der Waals surface area (Å²) in [5.74, 6) is -0.886. The summed E-state index contributed by atoms with van der Waals surface area (Å²) in [7, 11) is 0. The lowest BCUT2D eigenvalue weighted by atomic mass is 9.97. The Bertz CT molecular complexity index is 306. The zero-order valence-electron chi connectivity index (χ0n) is 10.8. The first-order valence-electron chi connectivity index (χ1n) is 6.24. The summed E-state index contributed by atoms with van der Waals surface area (Å²) >= 11 is 0. The molecule has 1 aliphatic rings. The molecule has 0 radical (unpaired) electrons. The summed E-state index contributed by atoms with van der Waals surface area (Å²) < 4.78 is 36.2. The second-order valence-electron chi connectivity index (χ2n) is 5.23. The molecule has 0 saturated carbocycles. The Labute approximate surface area is 105 Å². The van der Waals surface area contributed by atoms with Crippen LogP contribution in [-0.4, -0.2) is 40.3 Å². The third-order valence-corrected chi connectivity index (χ3v) is 3.77. The van der Waals surface area contributed by atoms with Crippen molar-refractivity contribution in [2.75, 3.05) is 6.54 Å². The van der Waals surface area contributed by atoms with Gasteiger partial charge < -0.3 is 5.11 Å². The van der Waals surface area contributed by atoms with E-state index in [1.54, 1.807) is 6.92 Å². The Hall–Kier alpha value is -0.780. The zero-order chi connectivity index (χ0) is 14.0. The van der Waals surface area contributed by atoms with Crippen LogP contribution in [0.5, 0.6) is 0 Å². The summed E-state index contributed by atoms with van der Waals surface area (Å²) in [5, 5.41) is 9.22. The number of alkyl halides is 3. The standard InChI is InChI=1S/C12H20F3NO2/c1-9(5-3-7-12(13,14)15)16-8-4-6-11(16,2)10(17)18/h9H,3-8H2,1-2H3,(H,17,18). The van der Waals surface area contributed by atoms with E-state index in [4.69, 9.17) is 0 Å². The smallest absolute Gasteiger partial charge is 0.389 e. The van der Waals surface area contributed by atoms with E-state index >= 15 is 0 Å². The van der Waals surface area contributed by atoms with Gasteiger partial charge in [-0.25, -0.2) is 0 Å². The van der Waals surface area contributed by atoms with E-state index in [1.807, 2.05) is 11.8 Å². The fourth-order valence-corrected chi connectivity index (χ4v) is 2.67. The highest BCUT2D eigenvalue weighted by molar-refractivity contribution is 5.78. The van der Waals surface area contributed by atoms with Crippen LogP contribution in [0, 0.1) is 0 Å². The fraction of sp³-hybridized carbons (Fsp3) is 0.917. The molecular weight excluding hydrogens is 247 g/mol. The number of hydrogen-bond acceptors (Lipinski definition) is 2. The third kappa shape index (κ3) is 3.60. The van der Waals surface area contributed by atoms with E-state index in [9.17, 15) is 23.1 Å². The van der Waals surface area contributed by atoms with Gasteiger partial charge in [-0.15, -0.1) is 0 Å². The Kier molecular flexibility index (Phi) is 4.64. The fourth-order valence-electron chi connectivity index (χ4n) is 2.67. The second kappa shape index (κ2) is 5.47. The SMILES string of the molecule is CC(CCCC(F)(F)F)N1CCCC1(C)C(=O)O. The van der Waals surface area contributed by atoms with Gasteiger partial charge in [0.15, 0.2) is 0 Å². The summed E-state index contributed by atoms with van der Waals surface area (Å²) in [5.41, 5.74) is -0.919. The van der Waals surface area contributed by atoms with Gasteiger partial charge in [-0.2, -0.15) is 13.2 Å². The maximum Gasteiger partial charge on any atom is 0.389 e. The first-order chi connectivity index (χ1) is 8.17. The summed E-state index contributed by atoms with van der Waals surface area (Å²) in [4.78, 5) is 13.1. The predicted molar refractivity (Wildman–Crippen MR) is 61.3 cm³/mol. The van der Waals surface area contributed by atoms with Gasteiger partial charge in [0.05, 0.1) is 0 Å². The van der Waals surface area contributed by atoms with Gasteiger partial charge in [-0.1, -0.05) is 0 Å². The van der Waals surface area contributed by atoms with Crippen LogP contribution >= 0.6 is 0 Å². The van der Waals surface area contributed by atoms with Crippen molar-refractivity contribution in [2.45, 2.75) is 63.7 Å². The van der Waals surface area contributed by atoms with Crippen LogP contribution in [0.3, 0.4) is 0 Å². The van der Waals surface area contributed by atoms with E-state index in [-0.39, 0.29) is 12.5 Å².